The van der Waals surface area contributed by atoms with Crippen LogP contribution in [0.3, 0.4) is 0 Å². The molecule has 22 heavy (non-hydrogen) atoms. The molecule has 3 rings (SSSR count). The lowest BCUT2D eigenvalue weighted by atomic mass is 10.0. The summed E-state index contributed by atoms with van der Waals surface area (Å²) in [4.78, 5) is 10.8. The summed E-state index contributed by atoms with van der Waals surface area (Å²) >= 11 is 1.79. The molecule has 118 valence electrons. The summed E-state index contributed by atoms with van der Waals surface area (Å²) in [5, 5.41) is 0. The highest BCUT2D eigenvalue weighted by atomic mass is 32.1. The van der Waals surface area contributed by atoms with Crippen LogP contribution in [0.25, 0.3) is 0 Å². The molecule has 3 nitrogen and oxygen atoms in total. The van der Waals surface area contributed by atoms with Crippen molar-refractivity contribution in [3.63, 3.8) is 0 Å². The number of para-hydroxylation sites is 1. The van der Waals surface area contributed by atoms with Gasteiger partial charge in [-0.05, 0) is 45.4 Å². The molecule has 0 saturated carbocycles. The molecule has 0 bridgehead atoms. The smallest absolute Gasteiger partial charge is 0.0797 e. The average Bonchev–Trinajstić information content (AvgIpc) is 2.99. The Kier molecular flexibility index (Phi) is 5.11. The molecular weight excluding hydrogens is 290 g/mol. The van der Waals surface area contributed by atoms with Crippen LogP contribution in [0.5, 0.6) is 0 Å². The average molecular weight is 315 g/mol. The zero-order valence-electron chi connectivity index (χ0n) is 13.5. The highest BCUT2D eigenvalue weighted by Crippen LogP contribution is 2.22. The normalized spacial score (nSPS) is 18.9. The van der Waals surface area contributed by atoms with E-state index in [9.17, 15) is 0 Å². The molecule has 0 aliphatic carbocycles. The molecule has 1 fully saturated rings. The molecule has 2 heterocycles. The van der Waals surface area contributed by atoms with Crippen LogP contribution >= 0.6 is 11.3 Å². The van der Waals surface area contributed by atoms with Gasteiger partial charge in [-0.1, -0.05) is 18.2 Å². The number of aryl methyl sites for hydroxylation is 1. The van der Waals surface area contributed by atoms with Crippen molar-refractivity contribution in [1.82, 2.24) is 9.88 Å². The highest BCUT2D eigenvalue weighted by molar-refractivity contribution is 7.09. The van der Waals surface area contributed by atoms with Crippen LogP contribution in [0.4, 0.5) is 5.69 Å². The standard InChI is InChI=1S/C18H25N3S/c1-15-18(22-14-19-15)10-12-20(2)17-9-6-11-21(13-17)16-7-4-3-5-8-16/h3-5,7-8,14,17H,6,9-13H2,1-2H3. The Labute approximate surface area is 137 Å². The molecule has 0 radical (unpaired) electrons. The van der Waals surface area contributed by atoms with Crippen molar-refractivity contribution < 1.29 is 0 Å². The first kappa shape index (κ1) is 15.5. The molecule has 1 aromatic carbocycles. The van der Waals surface area contributed by atoms with Gasteiger partial charge in [-0.2, -0.15) is 0 Å². The molecule has 0 N–H and O–H groups in total. The highest BCUT2D eigenvalue weighted by Gasteiger charge is 2.23. The van der Waals surface area contributed by atoms with Gasteiger partial charge in [0.15, 0.2) is 0 Å². The van der Waals surface area contributed by atoms with Crippen LogP contribution < -0.4 is 4.90 Å². The summed E-state index contributed by atoms with van der Waals surface area (Å²) in [6.45, 7) is 5.56. The summed E-state index contributed by atoms with van der Waals surface area (Å²) in [6, 6.07) is 11.5. The van der Waals surface area contributed by atoms with Gasteiger partial charge in [-0.15, -0.1) is 11.3 Å². The zero-order valence-corrected chi connectivity index (χ0v) is 14.4. The molecule has 0 amide bonds. The monoisotopic (exact) mass is 315 g/mol. The largest absolute Gasteiger partial charge is 0.370 e. The van der Waals surface area contributed by atoms with Crippen molar-refractivity contribution in [2.24, 2.45) is 0 Å². The first-order valence-corrected chi connectivity index (χ1v) is 9.01. The number of likely N-dealkylation sites (N-methyl/N-ethyl adjacent to an activating group) is 1. The maximum atomic E-state index is 4.35. The first-order valence-electron chi connectivity index (χ1n) is 8.13. The molecule has 1 unspecified atom stereocenters. The molecule has 4 heteroatoms. The van der Waals surface area contributed by atoms with Crippen molar-refractivity contribution >= 4 is 17.0 Å². The van der Waals surface area contributed by atoms with Crippen LogP contribution in [-0.2, 0) is 6.42 Å². The summed E-state index contributed by atoms with van der Waals surface area (Å²) in [5.41, 5.74) is 4.52. The third kappa shape index (κ3) is 3.68. The number of nitrogens with zero attached hydrogens (tertiary/aromatic N) is 3. The van der Waals surface area contributed by atoms with E-state index in [2.05, 4.69) is 59.1 Å². The topological polar surface area (TPSA) is 19.4 Å². The quantitative estimate of drug-likeness (QED) is 0.840. The second kappa shape index (κ2) is 7.25. The number of aromatic nitrogens is 1. The fourth-order valence-electron chi connectivity index (χ4n) is 3.21. The first-order chi connectivity index (χ1) is 10.7. The number of thiazole rings is 1. The van der Waals surface area contributed by atoms with Gasteiger partial charge in [-0.3, -0.25) is 0 Å². The second-order valence-corrected chi connectivity index (χ2v) is 7.11. The van der Waals surface area contributed by atoms with E-state index in [1.165, 1.54) is 35.6 Å². The van der Waals surface area contributed by atoms with E-state index in [1.54, 1.807) is 11.3 Å². The molecule has 0 spiro atoms. The predicted molar refractivity (Wildman–Crippen MR) is 94.9 cm³/mol. The third-order valence-corrected chi connectivity index (χ3v) is 5.67. The Bertz CT molecular complexity index is 581. The molecule has 1 aliphatic rings. The van der Waals surface area contributed by atoms with Crippen molar-refractivity contribution in [2.45, 2.75) is 32.2 Å². The summed E-state index contributed by atoms with van der Waals surface area (Å²) in [7, 11) is 2.27. The molecule has 1 saturated heterocycles. The maximum Gasteiger partial charge on any atom is 0.0797 e. The molecule has 1 aliphatic heterocycles. The van der Waals surface area contributed by atoms with Gasteiger partial charge in [0.25, 0.3) is 0 Å². The van der Waals surface area contributed by atoms with E-state index in [0.29, 0.717) is 6.04 Å². The maximum absolute atomic E-state index is 4.35. The number of anilines is 1. The number of hydrogen-bond donors (Lipinski definition) is 0. The number of hydrogen-bond acceptors (Lipinski definition) is 4. The minimum atomic E-state index is 0.655. The van der Waals surface area contributed by atoms with Gasteiger partial charge >= 0.3 is 0 Å². The fraction of sp³-hybridized carbons (Fsp3) is 0.500. The summed E-state index contributed by atoms with van der Waals surface area (Å²) in [6.07, 6.45) is 3.71. The van der Waals surface area contributed by atoms with E-state index in [-0.39, 0.29) is 0 Å². The van der Waals surface area contributed by atoms with Crippen LogP contribution in [-0.4, -0.2) is 42.6 Å². The SMILES string of the molecule is Cc1ncsc1CCN(C)C1CCCN(c2ccccc2)C1. The van der Waals surface area contributed by atoms with Gasteiger partial charge < -0.3 is 9.80 Å². The number of piperidine rings is 1. The predicted octanol–water partition coefficient (Wildman–Crippen LogP) is 3.59. The van der Waals surface area contributed by atoms with Crippen molar-refractivity contribution in [3.8, 4) is 0 Å². The van der Waals surface area contributed by atoms with Crippen molar-refractivity contribution in [2.75, 3.05) is 31.6 Å². The van der Waals surface area contributed by atoms with E-state index in [4.69, 9.17) is 0 Å². The second-order valence-electron chi connectivity index (χ2n) is 6.17. The molecular formula is C18H25N3S. The Morgan fingerprint density at radius 3 is 2.86 bits per heavy atom. The Hall–Kier alpha value is -1.39. The zero-order chi connectivity index (χ0) is 15.4. The van der Waals surface area contributed by atoms with Gasteiger partial charge in [0.1, 0.15) is 0 Å². The minimum absolute atomic E-state index is 0.655. The van der Waals surface area contributed by atoms with Crippen molar-refractivity contribution in [1.29, 1.82) is 0 Å². The molecule has 1 atom stereocenters. The number of rotatable bonds is 5. The fourth-order valence-corrected chi connectivity index (χ4v) is 3.98. The molecule has 2 aromatic rings. The minimum Gasteiger partial charge on any atom is -0.370 e. The van der Waals surface area contributed by atoms with E-state index in [0.717, 1.165) is 19.5 Å². The summed E-state index contributed by atoms with van der Waals surface area (Å²) < 4.78 is 0. The van der Waals surface area contributed by atoms with Crippen LogP contribution in [0.1, 0.15) is 23.4 Å². The Morgan fingerprint density at radius 1 is 1.32 bits per heavy atom. The third-order valence-electron chi connectivity index (χ3n) is 4.68. The van der Waals surface area contributed by atoms with Crippen LogP contribution in [0, 0.1) is 6.92 Å². The van der Waals surface area contributed by atoms with Crippen LogP contribution in [0.2, 0.25) is 0 Å². The van der Waals surface area contributed by atoms with Crippen molar-refractivity contribution in [3.05, 3.63) is 46.4 Å². The lowest BCUT2D eigenvalue weighted by Crippen LogP contribution is -2.47. The van der Waals surface area contributed by atoms with Gasteiger partial charge in [0.05, 0.1) is 11.2 Å². The van der Waals surface area contributed by atoms with Gasteiger partial charge in [0, 0.05) is 36.2 Å². The van der Waals surface area contributed by atoms with Gasteiger partial charge in [-0.25, -0.2) is 4.98 Å². The Balaban J connectivity index is 1.56. The van der Waals surface area contributed by atoms with Gasteiger partial charge in [0.2, 0.25) is 0 Å². The van der Waals surface area contributed by atoms with Crippen LogP contribution in [0.15, 0.2) is 35.8 Å². The number of benzene rings is 1. The lowest BCUT2D eigenvalue weighted by Gasteiger charge is -2.39. The lowest BCUT2D eigenvalue weighted by molar-refractivity contribution is 0.218. The Morgan fingerprint density at radius 2 is 2.14 bits per heavy atom. The van der Waals surface area contributed by atoms with E-state index < -0.39 is 0 Å². The molecule has 1 aromatic heterocycles. The van der Waals surface area contributed by atoms with E-state index >= 15 is 0 Å². The van der Waals surface area contributed by atoms with E-state index in [1.807, 2.05) is 5.51 Å². The summed E-state index contributed by atoms with van der Waals surface area (Å²) in [5.74, 6) is 0.